The number of allylic oxidation sites excluding steroid dienone is 2. The summed E-state index contributed by atoms with van der Waals surface area (Å²) in [4.78, 5) is 26.7. The second-order valence-electron chi connectivity index (χ2n) is 9.21. The monoisotopic (exact) mass is 463 g/mol. The van der Waals surface area contributed by atoms with Crippen molar-refractivity contribution in [1.29, 1.82) is 0 Å². The van der Waals surface area contributed by atoms with Gasteiger partial charge in [-0.3, -0.25) is 0 Å². The molecular formula is C28H27N6O+. The first kappa shape index (κ1) is 21.4. The van der Waals surface area contributed by atoms with Crippen LogP contribution in [0, 0.1) is 6.92 Å². The third-order valence-corrected chi connectivity index (χ3v) is 6.69. The predicted octanol–water partition coefficient (Wildman–Crippen LogP) is 4.79. The molecule has 1 aliphatic rings. The number of nitrogens with zero attached hydrogens (tertiary/aromatic N) is 5. The quantitative estimate of drug-likeness (QED) is 0.278. The van der Waals surface area contributed by atoms with Crippen molar-refractivity contribution in [2.45, 2.75) is 45.6 Å². The Morgan fingerprint density at radius 1 is 1.09 bits per heavy atom. The third kappa shape index (κ3) is 4.03. The van der Waals surface area contributed by atoms with Crippen LogP contribution < -0.4 is 10.5 Å². The molecule has 2 aromatic carbocycles. The van der Waals surface area contributed by atoms with Crippen LogP contribution in [0.4, 0.5) is 0 Å². The van der Waals surface area contributed by atoms with E-state index in [4.69, 9.17) is 15.1 Å². The first-order valence-corrected chi connectivity index (χ1v) is 12.2. The number of aryl methyl sites for hydroxylation is 2. The lowest BCUT2D eigenvalue weighted by molar-refractivity contribution is -0.357. The van der Waals surface area contributed by atoms with Crippen molar-refractivity contribution in [2.75, 3.05) is 0 Å². The molecule has 7 nitrogen and oxygen atoms in total. The standard InChI is InChI=1S/C28H26N6O/c1-19-8-7-11-21(16-19)17-30-34-26-24(25-27(34)32-23-13-6-5-12-22(23)31-25)28(35)33(18-29-26)15-14-20-9-3-2-4-10-20/h5-9,11-13,16-18H,2-4,10,14-15H2,1H3/p+1/b30-17+. The summed E-state index contributed by atoms with van der Waals surface area (Å²) in [6.07, 6.45) is 11.5. The van der Waals surface area contributed by atoms with Gasteiger partial charge in [-0.25, -0.2) is 24.3 Å². The molecule has 6 rings (SSSR count). The van der Waals surface area contributed by atoms with Gasteiger partial charge in [0.2, 0.25) is 5.65 Å². The first-order chi connectivity index (χ1) is 17.2. The van der Waals surface area contributed by atoms with E-state index in [-0.39, 0.29) is 5.56 Å². The Balaban J connectivity index is 1.52. The maximum Gasteiger partial charge on any atom is 0.322 e. The molecule has 35 heavy (non-hydrogen) atoms. The number of fused-ring (bicyclic) bond motifs is 4. The fourth-order valence-electron chi connectivity index (χ4n) is 4.86. The van der Waals surface area contributed by atoms with Crippen molar-refractivity contribution in [3.05, 3.63) is 88.0 Å². The van der Waals surface area contributed by atoms with E-state index in [1.54, 1.807) is 21.8 Å². The van der Waals surface area contributed by atoms with E-state index < -0.39 is 0 Å². The molecule has 0 aliphatic heterocycles. The minimum absolute atomic E-state index is 0.0748. The molecule has 174 valence electrons. The number of aromatic amines is 1. The summed E-state index contributed by atoms with van der Waals surface area (Å²) in [7, 11) is 0. The zero-order chi connectivity index (χ0) is 23.8. The van der Waals surface area contributed by atoms with Crippen LogP contribution in [0.3, 0.4) is 0 Å². The van der Waals surface area contributed by atoms with E-state index in [9.17, 15) is 4.79 Å². The summed E-state index contributed by atoms with van der Waals surface area (Å²) < 4.78 is 3.45. The molecule has 0 spiro atoms. The zero-order valence-corrected chi connectivity index (χ0v) is 19.7. The highest BCUT2D eigenvalue weighted by atomic mass is 16.1. The lowest BCUT2D eigenvalue weighted by Gasteiger charge is -2.11. The molecule has 1 N–H and O–H groups in total. The maximum atomic E-state index is 13.7. The Hall–Kier alpha value is -4.13. The average molecular weight is 464 g/mol. The van der Waals surface area contributed by atoms with Crippen LogP contribution in [0.25, 0.3) is 33.2 Å². The number of benzene rings is 2. The Labute approximate surface area is 202 Å². The smallest absolute Gasteiger partial charge is 0.250 e. The van der Waals surface area contributed by atoms with Gasteiger partial charge in [0, 0.05) is 0 Å². The minimum Gasteiger partial charge on any atom is -0.250 e. The van der Waals surface area contributed by atoms with Crippen molar-refractivity contribution >= 4 is 39.4 Å². The van der Waals surface area contributed by atoms with Crippen LogP contribution in [-0.4, -0.2) is 25.4 Å². The molecular weight excluding hydrogens is 436 g/mol. The molecule has 0 fully saturated rings. The SMILES string of the molecule is Cc1cccc(/C=N/n2c3nc4ccccc4nc3c3c(=O)n(CCC4=CCCCC4)c[nH+]c32)c1. The van der Waals surface area contributed by atoms with Crippen LogP contribution in [0.2, 0.25) is 0 Å². The average Bonchev–Trinajstić information content (AvgIpc) is 3.19. The van der Waals surface area contributed by atoms with E-state index in [2.05, 4.69) is 30.1 Å². The highest BCUT2D eigenvalue weighted by Crippen LogP contribution is 2.24. The van der Waals surface area contributed by atoms with E-state index in [1.165, 1.54) is 18.4 Å². The van der Waals surface area contributed by atoms with Crippen molar-refractivity contribution in [1.82, 2.24) is 19.2 Å². The highest BCUT2D eigenvalue weighted by Gasteiger charge is 2.24. The molecule has 1 aliphatic carbocycles. The van der Waals surface area contributed by atoms with Gasteiger partial charge in [-0.05, 0) is 56.7 Å². The van der Waals surface area contributed by atoms with E-state index in [0.29, 0.717) is 28.7 Å². The van der Waals surface area contributed by atoms with Gasteiger partial charge >= 0.3 is 5.56 Å². The summed E-state index contributed by atoms with van der Waals surface area (Å²) in [5.74, 6) is 0. The van der Waals surface area contributed by atoms with Gasteiger partial charge in [0.1, 0.15) is 5.52 Å². The number of rotatable bonds is 5. The Bertz CT molecular complexity index is 1690. The molecule has 0 saturated carbocycles. The van der Waals surface area contributed by atoms with Gasteiger partial charge in [0.15, 0.2) is 11.7 Å². The molecule has 3 aromatic heterocycles. The molecule has 7 heteroatoms. The number of H-pyrrole nitrogens is 1. The van der Waals surface area contributed by atoms with Crippen LogP contribution in [-0.2, 0) is 6.54 Å². The molecule has 5 aromatic rings. The first-order valence-electron chi connectivity index (χ1n) is 12.2. The number of hydrogen-bond donors (Lipinski definition) is 0. The minimum atomic E-state index is -0.0748. The fraction of sp³-hybridized carbons (Fsp3) is 0.250. The molecule has 0 radical (unpaired) electrons. The van der Waals surface area contributed by atoms with Crippen LogP contribution in [0.15, 0.2) is 76.4 Å². The lowest BCUT2D eigenvalue weighted by Crippen LogP contribution is -2.27. The second kappa shape index (κ2) is 8.91. The largest absolute Gasteiger partial charge is 0.322 e. The van der Waals surface area contributed by atoms with Crippen molar-refractivity contribution in [3.63, 3.8) is 0 Å². The summed E-state index contributed by atoms with van der Waals surface area (Å²) >= 11 is 0. The lowest BCUT2D eigenvalue weighted by atomic mass is 9.97. The topological polar surface area (TPSA) is 79.2 Å². The van der Waals surface area contributed by atoms with E-state index >= 15 is 0 Å². The zero-order valence-electron chi connectivity index (χ0n) is 19.7. The molecule has 0 bridgehead atoms. The normalized spacial score (nSPS) is 14.4. The molecule has 0 amide bonds. The summed E-state index contributed by atoms with van der Waals surface area (Å²) in [5.41, 5.74) is 6.73. The number of para-hydroxylation sites is 2. The molecule has 3 heterocycles. The van der Waals surface area contributed by atoms with Gasteiger partial charge < -0.3 is 0 Å². The summed E-state index contributed by atoms with van der Waals surface area (Å²) in [6.45, 7) is 2.69. The highest BCUT2D eigenvalue weighted by molar-refractivity contribution is 6.03. The van der Waals surface area contributed by atoms with Crippen LogP contribution in [0.5, 0.6) is 0 Å². The molecule has 0 atom stereocenters. The predicted molar refractivity (Wildman–Crippen MR) is 139 cm³/mol. The van der Waals surface area contributed by atoms with Gasteiger partial charge in [0.25, 0.3) is 5.65 Å². The van der Waals surface area contributed by atoms with E-state index in [0.717, 1.165) is 41.4 Å². The Morgan fingerprint density at radius 2 is 1.94 bits per heavy atom. The molecule has 0 saturated heterocycles. The number of hydrogen-bond acceptors (Lipinski definition) is 4. The van der Waals surface area contributed by atoms with Gasteiger partial charge in [-0.1, -0.05) is 53.6 Å². The van der Waals surface area contributed by atoms with Crippen molar-refractivity contribution in [2.24, 2.45) is 5.10 Å². The third-order valence-electron chi connectivity index (χ3n) is 6.69. The second-order valence-corrected chi connectivity index (χ2v) is 9.21. The number of aromatic nitrogens is 5. The van der Waals surface area contributed by atoms with Gasteiger partial charge in [-0.2, -0.15) is 0 Å². The Kier molecular flexibility index (Phi) is 5.45. The molecule has 0 unspecified atom stereocenters. The summed E-state index contributed by atoms with van der Waals surface area (Å²) in [5, 5.41) is 5.25. The fourth-order valence-corrected chi connectivity index (χ4v) is 4.86. The van der Waals surface area contributed by atoms with Gasteiger partial charge in [-0.15, -0.1) is 9.78 Å². The number of nitrogens with one attached hydrogen (secondary N) is 1. The summed E-state index contributed by atoms with van der Waals surface area (Å²) in [6, 6.07) is 15.8. The van der Waals surface area contributed by atoms with Crippen molar-refractivity contribution < 1.29 is 4.98 Å². The van der Waals surface area contributed by atoms with Crippen LogP contribution in [0.1, 0.15) is 43.2 Å². The Morgan fingerprint density at radius 3 is 2.74 bits per heavy atom. The van der Waals surface area contributed by atoms with Gasteiger partial charge in [0.05, 0.1) is 23.8 Å². The van der Waals surface area contributed by atoms with Crippen LogP contribution >= 0.6 is 0 Å². The van der Waals surface area contributed by atoms with E-state index in [1.807, 2.05) is 36.4 Å². The van der Waals surface area contributed by atoms with Crippen molar-refractivity contribution in [3.8, 4) is 0 Å². The maximum absolute atomic E-state index is 13.7.